The van der Waals surface area contributed by atoms with Crippen molar-refractivity contribution in [2.75, 3.05) is 40.3 Å². The maximum absolute atomic E-state index is 14.1. The van der Waals surface area contributed by atoms with Crippen LogP contribution in [0.2, 0.25) is 0 Å². The third-order valence-corrected chi connectivity index (χ3v) is 6.75. The molecular weight excluding hydrogens is 428 g/mol. The average molecular weight is 458 g/mol. The fourth-order valence-electron chi connectivity index (χ4n) is 4.85. The number of ether oxygens (including phenoxy) is 1. The molecule has 3 atom stereocenters. The molecule has 0 bridgehead atoms. The Labute approximate surface area is 192 Å². The van der Waals surface area contributed by atoms with Crippen molar-refractivity contribution in [2.45, 2.75) is 24.8 Å². The largest absolute Gasteiger partial charge is 0.497 e. The van der Waals surface area contributed by atoms with Crippen LogP contribution in [0.3, 0.4) is 0 Å². The van der Waals surface area contributed by atoms with Gasteiger partial charge in [0.2, 0.25) is 5.91 Å². The van der Waals surface area contributed by atoms with Crippen LogP contribution in [-0.4, -0.2) is 68.0 Å². The van der Waals surface area contributed by atoms with Gasteiger partial charge in [0.1, 0.15) is 17.4 Å². The first-order valence-corrected chi connectivity index (χ1v) is 11.2. The Morgan fingerprint density at radius 2 is 1.70 bits per heavy atom. The molecule has 0 spiro atoms. The highest BCUT2D eigenvalue weighted by Crippen LogP contribution is 2.41. The summed E-state index contributed by atoms with van der Waals surface area (Å²) >= 11 is 0. The second-order valence-electron chi connectivity index (χ2n) is 8.88. The molecule has 1 saturated heterocycles. The Morgan fingerprint density at radius 1 is 1.00 bits per heavy atom. The van der Waals surface area contributed by atoms with Gasteiger partial charge in [0, 0.05) is 44.2 Å². The van der Waals surface area contributed by atoms with Crippen molar-refractivity contribution in [1.82, 2.24) is 15.1 Å². The van der Waals surface area contributed by atoms with Crippen LogP contribution in [-0.2, 0) is 4.79 Å². The van der Waals surface area contributed by atoms with E-state index in [0.29, 0.717) is 32.0 Å². The number of nitrogens with one attached hydrogen (secondary N) is 1. The molecule has 8 heteroatoms. The molecule has 4 rings (SSSR count). The number of methoxy groups -OCH3 is 1. The van der Waals surface area contributed by atoms with Crippen LogP contribution in [0.1, 0.15) is 34.7 Å². The zero-order valence-electron chi connectivity index (χ0n) is 18.9. The van der Waals surface area contributed by atoms with Crippen LogP contribution >= 0.6 is 0 Å². The minimum atomic E-state index is -0.901. The number of rotatable bonds is 5. The number of benzene rings is 2. The molecule has 6 nitrogen and oxygen atoms in total. The minimum absolute atomic E-state index is 0.0774. The van der Waals surface area contributed by atoms with Gasteiger partial charge in [-0.3, -0.25) is 9.59 Å². The summed E-state index contributed by atoms with van der Waals surface area (Å²) in [5.41, 5.74) is 0.805. The Hall–Kier alpha value is -3.00. The first-order chi connectivity index (χ1) is 15.9. The monoisotopic (exact) mass is 457 g/mol. The smallest absolute Gasteiger partial charge is 0.254 e. The van der Waals surface area contributed by atoms with Gasteiger partial charge in [-0.05, 0) is 55.6 Å². The van der Waals surface area contributed by atoms with Gasteiger partial charge in [-0.25, -0.2) is 8.78 Å². The quantitative estimate of drug-likeness (QED) is 0.750. The van der Waals surface area contributed by atoms with E-state index in [9.17, 15) is 18.4 Å². The van der Waals surface area contributed by atoms with Crippen LogP contribution in [0.15, 0.2) is 42.5 Å². The molecule has 1 aliphatic carbocycles. The van der Waals surface area contributed by atoms with E-state index in [4.69, 9.17) is 4.74 Å². The third kappa shape index (κ3) is 5.16. The molecule has 0 aromatic heterocycles. The molecule has 2 aliphatic rings. The molecule has 33 heavy (non-hydrogen) atoms. The number of piperazine rings is 1. The van der Waals surface area contributed by atoms with Crippen molar-refractivity contribution in [3.8, 4) is 5.75 Å². The van der Waals surface area contributed by atoms with Gasteiger partial charge >= 0.3 is 0 Å². The molecule has 1 saturated carbocycles. The zero-order chi connectivity index (χ0) is 23.5. The van der Waals surface area contributed by atoms with Crippen LogP contribution in [0, 0.1) is 17.6 Å². The molecule has 1 heterocycles. The fourth-order valence-corrected chi connectivity index (χ4v) is 4.85. The van der Waals surface area contributed by atoms with E-state index in [-0.39, 0.29) is 29.3 Å². The summed E-state index contributed by atoms with van der Waals surface area (Å²) in [6, 6.07) is 10.3. The van der Waals surface area contributed by atoms with Gasteiger partial charge in [0.05, 0.1) is 12.7 Å². The van der Waals surface area contributed by atoms with E-state index in [2.05, 4.69) is 10.2 Å². The normalized spacial score (nSPS) is 23.4. The second-order valence-corrected chi connectivity index (χ2v) is 8.88. The lowest BCUT2D eigenvalue weighted by Crippen LogP contribution is -2.49. The lowest BCUT2D eigenvalue weighted by molar-refractivity contribution is -0.137. The van der Waals surface area contributed by atoms with E-state index < -0.39 is 17.5 Å². The van der Waals surface area contributed by atoms with E-state index >= 15 is 0 Å². The summed E-state index contributed by atoms with van der Waals surface area (Å²) in [4.78, 5) is 30.3. The van der Waals surface area contributed by atoms with Crippen molar-refractivity contribution in [1.29, 1.82) is 0 Å². The van der Waals surface area contributed by atoms with Gasteiger partial charge in [0.15, 0.2) is 0 Å². The minimum Gasteiger partial charge on any atom is -0.497 e. The first-order valence-electron chi connectivity index (χ1n) is 11.2. The number of nitrogens with zero attached hydrogens (tertiary/aromatic N) is 2. The molecule has 2 amide bonds. The van der Waals surface area contributed by atoms with E-state index in [1.165, 1.54) is 0 Å². The molecule has 2 aromatic rings. The summed E-state index contributed by atoms with van der Waals surface area (Å²) in [5, 5.41) is 2.87. The van der Waals surface area contributed by atoms with Crippen molar-refractivity contribution >= 4 is 11.8 Å². The van der Waals surface area contributed by atoms with Crippen LogP contribution in [0.5, 0.6) is 5.75 Å². The number of halogens is 2. The maximum atomic E-state index is 14.1. The van der Waals surface area contributed by atoms with Crippen LogP contribution < -0.4 is 10.1 Å². The summed E-state index contributed by atoms with van der Waals surface area (Å²) in [6.45, 7) is 3.02. The van der Waals surface area contributed by atoms with Crippen molar-refractivity contribution in [2.24, 2.45) is 5.92 Å². The predicted octanol–water partition coefficient (Wildman–Crippen LogP) is 3.04. The molecule has 0 unspecified atom stereocenters. The Balaban J connectivity index is 1.53. The van der Waals surface area contributed by atoms with Gasteiger partial charge in [0.25, 0.3) is 5.91 Å². The fraction of sp³-hybridized carbons (Fsp3) is 0.440. The highest BCUT2D eigenvalue weighted by Gasteiger charge is 2.42. The summed E-state index contributed by atoms with van der Waals surface area (Å²) in [5.74, 6) is -1.77. The molecule has 2 fully saturated rings. The topological polar surface area (TPSA) is 61.9 Å². The first kappa shape index (κ1) is 23.2. The summed E-state index contributed by atoms with van der Waals surface area (Å²) < 4.78 is 32.6. The molecule has 2 aromatic carbocycles. The van der Waals surface area contributed by atoms with E-state index in [1.54, 1.807) is 7.11 Å². The summed E-state index contributed by atoms with van der Waals surface area (Å²) in [7, 11) is 3.64. The number of amides is 2. The molecular formula is C25H29F2N3O3. The Morgan fingerprint density at radius 3 is 2.33 bits per heavy atom. The number of carbonyl (C=O) groups is 2. The van der Waals surface area contributed by atoms with Gasteiger partial charge in [-0.1, -0.05) is 12.1 Å². The SMILES string of the molecule is COc1ccc([C@H]2C[C@H](NC(=O)c3ccc(F)cc3F)C[C@@H]2C(=O)N2CCN(C)CC2)cc1. The standard InChI is InChI=1S/C25H29F2N3O3/c1-29-9-11-30(12-10-29)25(32)22-15-18(14-21(22)16-3-6-19(33-2)7-4-16)28-24(31)20-8-5-17(26)13-23(20)27/h3-8,13,18,21-22H,9-12,14-15H2,1-2H3,(H,28,31)/t18-,21+,22-/m0/s1. The van der Waals surface area contributed by atoms with Crippen molar-refractivity contribution < 1.29 is 23.1 Å². The predicted molar refractivity (Wildman–Crippen MR) is 120 cm³/mol. The van der Waals surface area contributed by atoms with Crippen LogP contribution in [0.25, 0.3) is 0 Å². The zero-order valence-corrected chi connectivity index (χ0v) is 18.9. The number of carbonyl (C=O) groups excluding carboxylic acids is 2. The lowest BCUT2D eigenvalue weighted by atomic mass is 9.87. The van der Waals surface area contributed by atoms with Crippen molar-refractivity contribution in [3.05, 3.63) is 65.2 Å². The number of likely N-dealkylation sites (N-methyl/N-ethyl adjacent to an activating group) is 1. The van der Waals surface area contributed by atoms with Gasteiger partial charge in [-0.2, -0.15) is 0 Å². The number of hydrogen-bond donors (Lipinski definition) is 1. The maximum Gasteiger partial charge on any atom is 0.254 e. The lowest BCUT2D eigenvalue weighted by Gasteiger charge is -2.35. The van der Waals surface area contributed by atoms with Gasteiger partial charge in [-0.15, -0.1) is 0 Å². The van der Waals surface area contributed by atoms with Crippen molar-refractivity contribution in [3.63, 3.8) is 0 Å². The van der Waals surface area contributed by atoms with Crippen LogP contribution in [0.4, 0.5) is 8.78 Å². The highest BCUT2D eigenvalue weighted by molar-refractivity contribution is 5.94. The molecule has 1 N–H and O–H groups in total. The van der Waals surface area contributed by atoms with Gasteiger partial charge < -0.3 is 19.9 Å². The summed E-state index contributed by atoms with van der Waals surface area (Å²) in [6.07, 6.45) is 1.03. The Kier molecular flexibility index (Phi) is 6.93. The molecule has 0 radical (unpaired) electrons. The second kappa shape index (κ2) is 9.87. The Bertz CT molecular complexity index is 1010. The average Bonchev–Trinajstić information content (AvgIpc) is 3.22. The van der Waals surface area contributed by atoms with E-state index in [1.807, 2.05) is 36.2 Å². The third-order valence-electron chi connectivity index (χ3n) is 6.75. The number of hydrogen-bond acceptors (Lipinski definition) is 4. The molecule has 1 aliphatic heterocycles. The van der Waals surface area contributed by atoms with E-state index in [0.717, 1.165) is 36.5 Å². The molecule has 176 valence electrons. The highest BCUT2D eigenvalue weighted by atomic mass is 19.1.